The van der Waals surface area contributed by atoms with E-state index in [0.29, 0.717) is 16.6 Å². The molecule has 0 fully saturated rings. The Bertz CT molecular complexity index is 993. The minimum Gasteiger partial charge on any atom is -0.360 e. The number of carbonyl (C=O) groups is 2. The first-order valence-corrected chi connectivity index (χ1v) is 8.97. The van der Waals surface area contributed by atoms with Gasteiger partial charge in [-0.3, -0.25) is 9.59 Å². The summed E-state index contributed by atoms with van der Waals surface area (Å²) in [6, 6.07) is 9.38. The standard InChI is InChI=1S/C18H16ClN3O3S/c1-11-9-15(21-25-11)20-16(23)10-22(2)17(24)8-7-14-18(19)12-5-3-4-6-13(12)26-14/h3-9H,10H2,1-2H3,(H,20,21,23)/b8-7+. The number of halogens is 1. The van der Waals surface area contributed by atoms with E-state index in [4.69, 9.17) is 16.1 Å². The van der Waals surface area contributed by atoms with E-state index in [-0.39, 0.29) is 18.4 Å². The van der Waals surface area contributed by atoms with E-state index in [1.807, 2.05) is 24.3 Å². The lowest BCUT2D eigenvalue weighted by molar-refractivity contribution is -0.129. The van der Waals surface area contributed by atoms with Crippen LogP contribution in [0.4, 0.5) is 5.82 Å². The van der Waals surface area contributed by atoms with Crippen LogP contribution in [0.5, 0.6) is 0 Å². The van der Waals surface area contributed by atoms with Crippen LogP contribution >= 0.6 is 22.9 Å². The van der Waals surface area contributed by atoms with Crippen molar-refractivity contribution in [2.75, 3.05) is 18.9 Å². The second-order valence-corrected chi connectivity index (χ2v) is 7.14. The van der Waals surface area contributed by atoms with Gasteiger partial charge in [-0.05, 0) is 19.1 Å². The third-order valence-electron chi connectivity index (χ3n) is 3.59. The van der Waals surface area contributed by atoms with Crippen LogP contribution in [-0.2, 0) is 9.59 Å². The average molecular weight is 390 g/mol. The molecule has 0 aliphatic heterocycles. The zero-order valence-corrected chi connectivity index (χ0v) is 15.7. The molecule has 0 aliphatic carbocycles. The number of benzene rings is 1. The van der Waals surface area contributed by atoms with Crippen LogP contribution in [0.2, 0.25) is 5.02 Å². The van der Waals surface area contributed by atoms with Crippen molar-refractivity contribution in [1.82, 2.24) is 10.1 Å². The van der Waals surface area contributed by atoms with E-state index >= 15 is 0 Å². The maximum absolute atomic E-state index is 12.2. The smallest absolute Gasteiger partial charge is 0.246 e. The molecular formula is C18H16ClN3O3S. The highest BCUT2D eigenvalue weighted by Crippen LogP contribution is 2.35. The molecule has 6 nitrogen and oxygen atoms in total. The first kappa shape index (κ1) is 18.2. The Morgan fingerprint density at radius 2 is 2.15 bits per heavy atom. The SMILES string of the molecule is Cc1cc(NC(=O)CN(C)C(=O)/C=C/c2sc3ccccc3c2Cl)no1. The van der Waals surface area contributed by atoms with Gasteiger partial charge in [0.2, 0.25) is 11.8 Å². The van der Waals surface area contributed by atoms with Gasteiger partial charge in [-0.15, -0.1) is 11.3 Å². The van der Waals surface area contributed by atoms with Crippen LogP contribution in [0.1, 0.15) is 10.6 Å². The minimum absolute atomic E-state index is 0.102. The van der Waals surface area contributed by atoms with Gasteiger partial charge in [0.25, 0.3) is 0 Å². The minimum atomic E-state index is -0.359. The number of anilines is 1. The highest BCUT2D eigenvalue weighted by Gasteiger charge is 2.13. The lowest BCUT2D eigenvalue weighted by Gasteiger charge is -2.13. The predicted molar refractivity (Wildman–Crippen MR) is 103 cm³/mol. The van der Waals surface area contributed by atoms with Crippen LogP contribution in [0, 0.1) is 6.92 Å². The zero-order chi connectivity index (χ0) is 18.7. The molecular weight excluding hydrogens is 374 g/mol. The van der Waals surface area contributed by atoms with E-state index < -0.39 is 0 Å². The average Bonchev–Trinajstić information content (AvgIpc) is 3.16. The van der Waals surface area contributed by atoms with Crippen molar-refractivity contribution < 1.29 is 14.1 Å². The summed E-state index contributed by atoms with van der Waals surface area (Å²) in [6.45, 7) is 1.62. The fourth-order valence-electron chi connectivity index (χ4n) is 2.32. The molecule has 2 heterocycles. The Hall–Kier alpha value is -2.64. The fourth-order valence-corrected chi connectivity index (χ4v) is 3.71. The molecule has 1 aromatic carbocycles. The van der Waals surface area contributed by atoms with Crippen LogP contribution in [0.3, 0.4) is 0 Å². The second kappa shape index (κ2) is 7.72. The Morgan fingerprint density at radius 3 is 2.85 bits per heavy atom. The quantitative estimate of drug-likeness (QED) is 0.670. The number of hydrogen-bond acceptors (Lipinski definition) is 5. The van der Waals surface area contributed by atoms with Gasteiger partial charge in [-0.1, -0.05) is 35.0 Å². The van der Waals surface area contributed by atoms with E-state index in [9.17, 15) is 9.59 Å². The van der Waals surface area contributed by atoms with E-state index in [1.165, 1.54) is 22.3 Å². The van der Waals surface area contributed by atoms with Crippen LogP contribution in [0.25, 0.3) is 16.2 Å². The third kappa shape index (κ3) is 4.12. The molecule has 3 rings (SSSR count). The number of thiophene rings is 1. The molecule has 2 aromatic heterocycles. The largest absolute Gasteiger partial charge is 0.360 e. The van der Waals surface area contributed by atoms with Crippen molar-refractivity contribution in [2.24, 2.45) is 0 Å². The monoisotopic (exact) mass is 389 g/mol. The first-order chi connectivity index (χ1) is 12.4. The van der Waals surface area contributed by atoms with Crippen LogP contribution < -0.4 is 5.32 Å². The first-order valence-electron chi connectivity index (χ1n) is 7.77. The van der Waals surface area contributed by atoms with Gasteiger partial charge in [0, 0.05) is 34.2 Å². The van der Waals surface area contributed by atoms with Crippen molar-refractivity contribution in [3.63, 3.8) is 0 Å². The molecule has 0 unspecified atom stereocenters. The number of hydrogen-bond donors (Lipinski definition) is 1. The molecule has 8 heteroatoms. The van der Waals surface area contributed by atoms with Gasteiger partial charge in [0.15, 0.2) is 5.82 Å². The van der Waals surface area contributed by atoms with Gasteiger partial charge in [0.1, 0.15) is 5.76 Å². The van der Waals surface area contributed by atoms with Gasteiger partial charge < -0.3 is 14.7 Å². The number of nitrogens with one attached hydrogen (secondary N) is 1. The lowest BCUT2D eigenvalue weighted by atomic mass is 10.2. The molecule has 0 radical (unpaired) electrons. The van der Waals surface area contributed by atoms with Crippen molar-refractivity contribution in [3.05, 3.63) is 52.1 Å². The number of carbonyl (C=O) groups excluding carboxylic acids is 2. The zero-order valence-electron chi connectivity index (χ0n) is 14.2. The number of aryl methyl sites for hydroxylation is 1. The molecule has 2 amide bonds. The van der Waals surface area contributed by atoms with Crippen molar-refractivity contribution in [1.29, 1.82) is 0 Å². The third-order valence-corrected chi connectivity index (χ3v) is 5.24. The molecule has 0 spiro atoms. The Labute approximate surface area is 159 Å². The van der Waals surface area contributed by atoms with E-state index in [1.54, 1.807) is 26.1 Å². The summed E-state index contributed by atoms with van der Waals surface area (Å²) in [5.41, 5.74) is 0. The summed E-state index contributed by atoms with van der Waals surface area (Å²) in [6.07, 6.45) is 3.08. The molecule has 0 saturated carbocycles. The van der Waals surface area contributed by atoms with Gasteiger partial charge in [-0.25, -0.2) is 0 Å². The Kier molecular flexibility index (Phi) is 5.39. The Morgan fingerprint density at radius 1 is 1.38 bits per heavy atom. The molecule has 0 aliphatic rings. The summed E-state index contributed by atoms with van der Waals surface area (Å²) in [5.74, 6) is 0.251. The summed E-state index contributed by atoms with van der Waals surface area (Å²) in [7, 11) is 1.55. The molecule has 134 valence electrons. The van der Waals surface area contributed by atoms with Crippen LogP contribution in [-0.4, -0.2) is 35.5 Å². The lowest BCUT2D eigenvalue weighted by Crippen LogP contribution is -2.33. The fraction of sp³-hybridized carbons (Fsp3) is 0.167. The number of aromatic nitrogens is 1. The number of likely N-dealkylation sites (N-methyl/N-ethyl adjacent to an activating group) is 1. The predicted octanol–water partition coefficient (Wildman–Crippen LogP) is 3.96. The summed E-state index contributed by atoms with van der Waals surface area (Å²) in [4.78, 5) is 26.3. The van der Waals surface area contributed by atoms with Crippen molar-refractivity contribution in [3.8, 4) is 0 Å². The number of amides is 2. The van der Waals surface area contributed by atoms with Crippen molar-refractivity contribution in [2.45, 2.75) is 6.92 Å². The van der Waals surface area contributed by atoms with Crippen LogP contribution in [0.15, 0.2) is 40.9 Å². The second-order valence-electron chi connectivity index (χ2n) is 5.68. The van der Waals surface area contributed by atoms with E-state index in [2.05, 4.69) is 10.5 Å². The summed E-state index contributed by atoms with van der Waals surface area (Å²) >= 11 is 7.86. The van der Waals surface area contributed by atoms with Crippen molar-refractivity contribution >= 4 is 56.7 Å². The molecule has 1 N–H and O–H groups in total. The molecule has 3 aromatic rings. The maximum atomic E-state index is 12.2. The highest BCUT2D eigenvalue weighted by molar-refractivity contribution is 7.20. The molecule has 0 bridgehead atoms. The molecule has 26 heavy (non-hydrogen) atoms. The molecule has 0 atom stereocenters. The topological polar surface area (TPSA) is 75.4 Å². The van der Waals surface area contributed by atoms with Gasteiger partial charge in [0.05, 0.1) is 11.6 Å². The number of rotatable bonds is 5. The van der Waals surface area contributed by atoms with Gasteiger partial charge in [-0.2, -0.15) is 0 Å². The molecule has 0 saturated heterocycles. The highest BCUT2D eigenvalue weighted by atomic mass is 35.5. The number of fused-ring (bicyclic) bond motifs is 1. The summed E-state index contributed by atoms with van der Waals surface area (Å²) in [5, 5.41) is 7.83. The number of nitrogens with zero attached hydrogens (tertiary/aromatic N) is 2. The summed E-state index contributed by atoms with van der Waals surface area (Å²) < 4.78 is 5.93. The normalized spacial score (nSPS) is 11.2. The van der Waals surface area contributed by atoms with Gasteiger partial charge >= 0.3 is 0 Å². The Balaban J connectivity index is 1.61. The van der Waals surface area contributed by atoms with E-state index in [0.717, 1.165) is 15.0 Å². The maximum Gasteiger partial charge on any atom is 0.246 e.